The minimum atomic E-state index is -4.43. The number of halogens is 4. The number of hydrogen-bond donors (Lipinski definition) is 2. The second-order valence-electron chi connectivity index (χ2n) is 4.29. The van der Waals surface area contributed by atoms with Crippen molar-refractivity contribution in [1.82, 2.24) is 9.97 Å². The Labute approximate surface area is 124 Å². The maximum absolute atomic E-state index is 12.7. The van der Waals surface area contributed by atoms with Crippen molar-refractivity contribution in [3.8, 4) is 0 Å². The summed E-state index contributed by atoms with van der Waals surface area (Å²) in [5.74, 6) is 0.716. The van der Waals surface area contributed by atoms with Crippen LogP contribution in [0.1, 0.15) is 11.3 Å². The van der Waals surface area contributed by atoms with E-state index in [0.29, 0.717) is 17.5 Å². The Bertz CT molecular complexity index is 658. The minimum absolute atomic E-state index is 0.131. The minimum Gasteiger partial charge on any atom is -0.357 e. The van der Waals surface area contributed by atoms with E-state index in [4.69, 9.17) is 11.6 Å². The fourth-order valence-electron chi connectivity index (χ4n) is 1.68. The number of hydrogen-bond acceptors (Lipinski definition) is 4. The van der Waals surface area contributed by atoms with Gasteiger partial charge >= 0.3 is 6.18 Å². The molecule has 0 atom stereocenters. The van der Waals surface area contributed by atoms with Crippen LogP contribution in [0, 0.1) is 6.92 Å². The largest absolute Gasteiger partial charge is 0.416 e. The molecular formula is C13H12ClF3N4. The number of rotatable bonds is 3. The van der Waals surface area contributed by atoms with Crippen LogP contribution in [-0.2, 0) is 6.18 Å². The first-order valence-corrected chi connectivity index (χ1v) is 6.34. The number of aryl methyl sites for hydroxylation is 1. The highest BCUT2D eigenvalue weighted by molar-refractivity contribution is 6.33. The fourth-order valence-corrected chi connectivity index (χ4v) is 1.84. The first-order valence-electron chi connectivity index (χ1n) is 5.97. The lowest BCUT2D eigenvalue weighted by Crippen LogP contribution is -2.06. The number of aromatic nitrogens is 2. The molecule has 4 nitrogen and oxygen atoms in total. The summed E-state index contributed by atoms with van der Waals surface area (Å²) >= 11 is 5.92. The van der Waals surface area contributed by atoms with E-state index in [1.165, 1.54) is 6.07 Å². The third-order valence-electron chi connectivity index (χ3n) is 2.63. The molecule has 0 spiro atoms. The Morgan fingerprint density at radius 3 is 2.48 bits per heavy atom. The third-order valence-corrected chi connectivity index (χ3v) is 2.96. The molecule has 2 rings (SSSR count). The second kappa shape index (κ2) is 5.77. The van der Waals surface area contributed by atoms with Crippen molar-refractivity contribution in [3.05, 3.63) is 40.5 Å². The standard InChI is InChI=1S/C13H12ClF3N4/c1-7-5-11(21-12(18-2)19-7)20-10-6-8(13(15,16)17)3-4-9(10)14/h3-6H,1-2H3,(H2,18,19,20,21). The van der Waals surface area contributed by atoms with Crippen LogP contribution >= 0.6 is 11.6 Å². The van der Waals surface area contributed by atoms with Crippen LogP contribution in [0.15, 0.2) is 24.3 Å². The summed E-state index contributed by atoms with van der Waals surface area (Å²) in [6.07, 6.45) is -4.43. The van der Waals surface area contributed by atoms with Crippen LogP contribution in [0.2, 0.25) is 5.02 Å². The first-order chi connectivity index (χ1) is 9.79. The van der Waals surface area contributed by atoms with Crippen molar-refractivity contribution in [2.75, 3.05) is 17.7 Å². The van der Waals surface area contributed by atoms with Crippen molar-refractivity contribution < 1.29 is 13.2 Å². The zero-order chi connectivity index (χ0) is 15.6. The van der Waals surface area contributed by atoms with Crippen molar-refractivity contribution in [3.63, 3.8) is 0 Å². The van der Waals surface area contributed by atoms with E-state index in [2.05, 4.69) is 20.6 Å². The Morgan fingerprint density at radius 1 is 1.14 bits per heavy atom. The van der Waals surface area contributed by atoms with Crippen molar-refractivity contribution in [2.45, 2.75) is 13.1 Å². The van der Waals surface area contributed by atoms with Gasteiger partial charge in [-0.15, -0.1) is 0 Å². The lowest BCUT2D eigenvalue weighted by atomic mass is 10.2. The van der Waals surface area contributed by atoms with Gasteiger partial charge in [-0.2, -0.15) is 18.2 Å². The summed E-state index contributed by atoms with van der Waals surface area (Å²) < 4.78 is 38.1. The van der Waals surface area contributed by atoms with Crippen LogP contribution in [0.4, 0.5) is 30.6 Å². The van der Waals surface area contributed by atoms with E-state index < -0.39 is 11.7 Å². The Kier molecular flexibility index (Phi) is 4.22. The van der Waals surface area contributed by atoms with Crippen molar-refractivity contribution in [2.24, 2.45) is 0 Å². The summed E-state index contributed by atoms with van der Waals surface area (Å²) in [6, 6.07) is 4.67. The summed E-state index contributed by atoms with van der Waals surface area (Å²) in [6.45, 7) is 1.75. The number of benzene rings is 1. The van der Waals surface area contributed by atoms with Crippen molar-refractivity contribution >= 4 is 29.1 Å². The van der Waals surface area contributed by atoms with Gasteiger partial charge in [0.1, 0.15) is 5.82 Å². The Hall–Kier alpha value is -2.02. The van der Waals surface area contributed by atoms with Gasteiger partial charge in [0.15, 0.2) is 0 Å². The fraction of sp³-hybridized carbons (Fsp3) is 0.231. The highest BCUT2D eigenvalue weighted by Crippen LogP contribution is 2.34. The quantitative estimate of drug-likeness (QED) is 0.889. The highest BCUT2D eigenvalue weighted by atomic mass is 35.5. The van der Waals surface area contributed by atoms with Crippen LogP contribution in [0.5, 0.6) is 0 Å². The van der Waals surface area contributed by atoms with E-state index in [0.717, 1.165) is 12.1 Å². The number of alkyl halides is 3. The molecule has 2 aromatic rings. The maximum atomic E-state index is 12.7. The van der Waals surface area contributed by atoms with Crippen LogP contribution in [0.25, 0.3) is 0 Å². The molecule has 0 unspecified atom stereocenters. The van der Waals surface area contributed by atoms with Gasteiger partial charge in [-0.25, -0.2) is 4.98 Å². The van der Waals surface area contributed by atoms with E-state index in [1.54, 1.807) is 20.0 Å². The van der Waals surface area contributed by atoms with Gasteiger partial charge in [-0.3, -0.25) is 0 Å². The molecule has 0 fully saturated rings. The average Bonchev–Trinajstić information content (AvgIpc) is 2.39. The van der Waals surface area contributed by atoms with Gasteiger partial charge in [0.05, 0.1) is 16.3 Å². The molecule has 0 aliphatic rings. The van der Waals surface area contributed by atoms with Gasteiger partial charge in [0.25, 0.3) is 0 Å². The molecule has 21 heavy (non-hydrogen) atoms. The van der Waals surface area contributed by atoms with E-state index in [9.17, 15) is 13.2 Å². The van der Waals surface area contributed by atoms with Gasteiger partial charge in [0, 0.05) is 18.8 Å². The second-order valence-corrected chi connectivity index (χ2v) is 4.69. The van der Waals surface area contributed by atoms with Gasteiger partial charge in [-0.1, -0.05) is 11.6 Å². The summed E-state index contributed by atoms with van der Waals surface area (Å²) in [4.78, 5) is 8.21. The number of nitrogens with one attached hydrogen (secondary N) is 2. The summed E-state index contributed by atoms with van der Waals surface area (Å²) in [5.41, 5.74) is 0.0145. The lowest BCUT2D eigenvalue weighted by molar-refractivity contribution is -0.137. The van der Waals surface area contributed by atoms with Gasteiger partial charge in [-0.05, 0) is 25.1 Å². The third kappa shape index (κ3) is 3.75. The Balaban J connectivity index is 2.37. The maximum Gasteiger partial charge on any atom is 0.416 e. The predicted molar refractivity (Wildman–Crippen MR) is 76.1 cm³/mol. The molecule has 2 N–H and O–H groups in total. The van der Waals surface area contributed by atoms with Crippen LogP contribution in [0.3, 0.4) is 0 Å². The Morgan fingerprint density at radius 2 is 1.86 bits per heavy atom. The molecule has 1 aromatic carbocycles. The molecule has 0 aliphatic carbocycles. The topological polar surface area (TPSA) is 49.8 Å². The average molecular weight is 317 g/mol. The molecule has 1 heterocycles. The summed E-state index contributed by atoms with van der Waals surface area (Å²) in [5, 5.41) is 5.72. The molecule has 0 saturated carbocycles. The lowest BCUT2D eigenvalue weighted by Gasteiger charge is -2.12. The molecule has 0 saturated heterocycles. The molecule has 0 aliphatic heterocycles. The van der Waals surface area contributed by atoms with Crippen LogP contribution in [-0.4, -0.2) is 17.0 Å². The molecule has 0 radical (unpaired) electrons. The van der Waals surface area contributed by atoms with Crippen molar-refractivity contribution in [1.29, 1.82) is 0 Å². The molecular weight excluding hydrogens is 305 g/mol. The number of anilines is 3. The molecule has 112 valence electrons. The van der Waals surface area contributed by atoms with Crippen LogP contribution < -0.4 is 10.6 Å². The smallest absolute Gasteiger partial charge is 0.357 e. The molecule has 0 bridgehead atoms. The normalized spacial score (nSPS) is 11.3. The SMILES string of the molecule is CNc1nc(C)cc(Nc2cc(C(F)(F)F)ccc2Cl)n1. The zero-order valence-corrected chi connectivity index (χ0v) is 12.0. The number of nitrogens with zero attached hydrogens (tertiary/aromatic N) is 2. The summed E-state index contributed by atoms with van der Waals surface area (Å²) in [7, 11) is 1.65. The highest BCUT2D eigenvalue weighted by Gasteiger charge is 2.31. The first kappa shape index (κ1) is 15.4. The molecule has 8 heteroatoms. The molecule has 0 amide bonds. The van der Waals surface area contributed by atoms with E-state index in [-0.39, 0.29) is 10.7 Å². The van der Waals surface area contributed by atoms with Gasteiger partial charge < -0.3 is 10.6 Å². The molecule has 1 aromatic heterocycles. The predicted octanol–water partition coefficient (Wildman–Crippen LogP) is 4.24. The van der Waals surface area contributed by atoms with E-state index >= 15 is 0 Å². The monoisotopic (exact) mass is 316 g/mol. The zero-order valence-electron chi connectivity index (χ0n) is 11.2. The van der Waals surface area contributed by atoms with E-state index in [1.807, 2.05) is 0 Å². The van der Waals surface area contributed by atoms with Gasteiger partial charge in [0.2, 0.25) is 5.95 Å².